The van der Waals surface area contributed by atoms with Gasteiger partial charge in [-0.3, -0.25) is 5.41 Å². The highest BCUT2D eigenvalue weighted by atomic mass is 32.3. The Bertz CT molecular complexity index is 440. The second-order valence-corrected chi connectivity index (χ2v) is 7.83. The Hall–Kier alpha value is -0.670. The summed E-state index contributed by atoms with van der Waals surface area (Å²) in [4.78, 5) is 0. The van der Waals surface area contributed by atoms with Crippen LogP contribution < -0.4 is 10.5 Å². The Labute approximate surface area is 95.9 Å². The molecule has 1 unspecified atom stereocenters. The molecule has 1 atom stereocenters. The molecule has 0 bridgehead atoms. The quantitative estimate of drug-likeness (QED) is 0.404. The zero-order chi connectivity index (χ0) is 13.0. The van der Waals surface area contributed by atoms with Crippen molar-refractivity contribution in [1.29, 1.82) is 5.41 Å². The van der Waals surface area contributed by atoms with Crippen LogP contribution in [0.5, 0.6) is 0 Å². The second kappa shape index (κ2) is 5.60. The highest BCUT2D eigenvalue weighted by molar-refractivity contribution is 8.06. The molecule has 0 spiro atoms. The van der Waals surface area contributed by atoms with Crippen LogP contribution in [0.2, 0.25) is 0 Å². The number of hydrogen-bond acceptors (Lipinski definition) is 5. The van der Waals surface area contributed by atoms with Gasteiger partial charge in [0.2, 0.25) is 10.0 Å². The monoisotopic (exact) mass is 271 g/mol. The van der Waals surface area contributed by atoms with E-state index in [-0.39, 0.29) is 5.84 Å². The molecule has 96 valence electrons. The van der Waals surface area contributed by atoms with Gasteiger partial charge in [-0.15, -0.1) is 0 Å². The Morgan fingerprint density at radius 3 is 2.19 bits per heavy atom. The van der Waals surface area contributed by atoms with Gasteiger partial charge in [0.25, 0.3) is 0 Å². The molecule has 4 N–H and O–H groups in total. The molecule has 7 nitrogen and oxygen atoms in total. The summed E-state index contributed by atoms with van der Waals surface area (Å²) in [5, 5.41) is 6.17. The SMILES string of the molecule is CCCC(NS(=O)(=O)CS(C)(=O)=O)C(=N)N. The van der Waals surface area contributed by atoms with Crippen LogP contribution in [0.25, 0.3) is 0 Å². The Kier molecular flexibility index (Phi) is 5.36. The number of nitrogens with one attached hydrogen (secondary N) is 2. The lowest BCUT2D eigenvalue weighted by Crippen LogP contribution is -2.45. The minimum absolute atomic E-state index is 0.320. The number of sulfonamides is 1. The van der Waals surface area contributed by atoms with Gasteiger partial charge in [-0.2, -0.15) is 0 Å². The Balaban J connectivity index is 4.74. The van der Waals surface area contributed by atoms with Crippen molar-refractivity contribution in [3.8, 4) is 0 Å². The molecule has 16 heavy (non-hydrogen) atoms. The average molecular weight is 271 g/mol. The zero-order valence-electron chi connectivity index (χ0n) is 9.23. The molecule has 0 radical (unpaired) electrons. The summed E-state index contributed by atoms with van der Waals surface area (Å²) < 4.78 is 46.6. The third-order valence-corrected chi connectivity index (χ3v) is 5.24. The lowest BCUT2D eigenvalue weighted by atomic mass is 10.2. The fourth-order valence-electron chi connectivity index (χ4n) is 1.10. The van der Waals surface area contributed by atoms with Crippen LogP contribution in [0, 0.1) is 5.41 Å². The van der Waals surface area contributed by atoms with Crippen molar-refractivity contribution in [1.82, 2.24) is 4.72 Å². The van der Waals surface area contributed by atoms with Crippen LogP contribution in [0.15, 0.2) is 0 Å². The molecular formula is C7H17N3O4S2. The van der Waals surface area contributed by atoms with E-state index in [1.807, 2.05) is 0 Å². The van der Waals surface area contributed by atoms with Crippen LogP contribution >= 0.6 is 0 Å². The van der Waals surface area contributed by atoms with Crippen molar-refractivity contribution in [2.24, 2.45) is 5.73 Å². The number of nitrogens with two attached hydrogens (primary N) is 1. The summed E-state index contributed by atoms with van der Waals surface area (Å²) in [6, 6.07) is -0.836. The maximum atomic E-state index is 11.4. The summed E-state index contributed by atoms with van der Waals surface area (Å²) in [6.07, 6.45) is 1.82. The molecule has 0 saturated carbocycles. The van der Waals surface area contributed by atoms with Crippen LogP contribution in [-0.2, 0) is 19.9 Å². The van der Waals surface area contributed by atoms with Gasteiger partial charge < -0.3 is 5.73 Å². The summed E-state index contributed by atoms with van der Waals surface area (Å²) in [7, 11) is -7.59. The first kappa shape index (κ1) is 15.3. The number of rotatable bonds is 7. The van der Waals surface area contributed by atoms with E-state index < -0.39 is 31.0 Å². The van der Waals surface area contributed by atoms with Crippen molar-refractivity contribution in [2.45, 2.75) is 25.8 Å². The van der Waals surface area contributed by atoms with Gasteiger partial charge >= 0.3 is 0 Å². The normalized spacial score (nSPS) is 14.6. The van der Waals surface area contributed by atoms with E-state index in [4.69, 9.17) is 11.1 Å². The molecule has 0 aromatic carbocycles. The van der Waals surface area contributed by atoms with Crippen molar-refractivity contribution in [3.63, 3.8) is 0 Å². The maximum absolute atomic E-state index is 11.4. The first-order valence-corrected chi connectivity index (χ1v) is 8.30. The second-order valence-electron chi connectivity index (χ2n) is 3.57. The minimum Gasteiger partial charge on any atom is -0.386 e. The van der Waals surface area contributed by atoms with E-state index in [1.165, 1.54) is 0 Å². The molecule has 0 saturated heterocycles. The van der Waals surface area contributed by atoms with E-state index in [1.54, 1.807) is 6.92 Å². The van der Waals surface area contributed by atoms with Crippen LogP contribution in [0.4, 0.5) is 0 Å². The molecular weight excluding hydrogens is 254 g/mol. The number of sulfone groups is 1. The van der Waals surface area contributed by atoms with Gasteiger partial charge in [0.1, 0.15) is 5.84 Å². The third-order valence-electron chi connectivity index (χ3n) is 1.64. The fourth-order valence-corrected chi connectivity index (χ4v) is 4.30. The van der Waals surface area contributed by atoms with Gasteiger partial charge in [0, 0.05) is 6.26 Å². The molecule has 0 aliphatic carbocycles. The van der Waals surface area contributed by atoms with E-state index >= 15 is 0 Å². The molecule has 9 heteroatoms. The lowest BCUT2D eigenvalue weighted by molar-refractivity contribution is 0.566. The highest BCUT2D eigenvalue weighted by Crippen LogP contribution is 2.00. The zero-order valence-corrected chi connectivity index (χ0v) is 10.9. The van der Waals surface area contributed by atoms with Gasteiger partial charge in [-0.05, 0) is 6.42 Å². The summed E-state index contributed by atoms with van der Waals surface area (Å²) in [5.41, 5.74) is 5.20. The summed E-state index contributed by atoms with van der Waals surface area (Å²) >= 11 is 0. The molecule has 0 fully saturated rings. The first-order chi connectivity index (χ1) is 7.07. The number of amidine groups is 1. The Morgan fingerprint density at radius 1 is 1.38 bits per heavy atom. The molecule has 0 aromatic rings. The molecule has 0 aliphatic rings. The lowest BCUT2D eigenvalue weighted by Gasteiger charge is -2.15. The Morgan fingerprint density at radius 2 is 1.88 bits per heavy atom. The van der Waals surface area contributed by atoms with E-state index in [0.29, 0.717) is 12.8 Å². The summed E-state index contributed by atoms with van der Waals surface area (Å²) in [6.45, 7) is 1.81. The predicted molar refractivity (Wildman–Crippen MR) is 62.4 cm³/mol. The molecule has 0 amide bonds. The van der Waals surface area contributed by atoms with E-state index in [9.17, 15) is 16.8 Å². The van der Waals surface area contributed by atoms with Gasteiger partial charge in [-0.1, -0.05) is 13.3 Å². The van der Waals surface area contributed by atoms with E-state index in [2.05, 4.69) is 4.72 Å². The van der Waals surface area contributed by atoms with Crippen LogP contribution in [-0.4, -0.2) is 40.1 Å². The maximum Gasteiger partial charge on any atom is 0.226 e. The van der Waals surface area contributed by atoms with Gasteiger partial charge in [0.05, 0.1) is 6.04 Å². The molecule has 0 aliphatic heterocycles. The summed E-state index contributed by atoms with van der Waals surface area (Å²) in [5.74, 6) is -0.320. The molecule has 0 heterocycles. The molecule has 0 rings (SSSR count). The average Bonchev–Trinajstić information content (AvgIpc) is 1.97. The predicted octanol–water partition coefficient (Wildman–Crippen LogP) is -0.987. The fraction of sp³-hybridized carbons (Fsp3) is 0.857. The minimum atomic E-state index is -3.96. The third kappa shape index (κ3) is 6.75. The van der Waals surface area contributed by atoms with Gasteiger partial charge in [-0.25, -0.2) is 21.6 Å². The number of hydrogen-bond donors (Lipinski definition) is 3. The van der Waals surface area contributed by atoms with E-state index in [0.717, 1.165) is 6.26 Å². The largest absolute Gasteiger partial charge is 0.386 e. The highest BCUT2D eigenvalue weighted by Gasteiger charge is 2.23. The topological polar surface area (TPSA) is 130 Å². The van der Waals surface area contributed by atoms with Crippen molar-refractivity contribution in [2.75, 3.05) is 11.3 Å². The van der Waals surface area contributed by atoms with Crippen molar-refractivity contribution >= 4 is 25.7 Å². The molecule has 0 aromatic heterocycles. The van der Waals surface area contributed by atoms with Gasteiger partial charge in [0.15, 0.2) is 14.9 Å². The smallest absolute Gasteiger partial charge is 0.226 e. The standard InChI is InChI=1S/C7H17N3O4S2/c1-3-4-6(7(8)9)10-16(13,14)5-15(2,11)12/h6,10H,3-5H2,1-2H3,(H3,8,9). The van der Waals surface area contributed by atoms with Crippen molar-refractivity contribution < 1.29 is 16.8 Å². The first-order valence-electron chi connectivity index (χ1n) is 4.59. The van der Waals surface area contributed by atoms with Crippen molar-refractivity contribution in [3.05, 3.63) is 0 Å². The van der Waals surface area contributed by atoms with Crippen LogP contribution in [0.3, 0.4) is 0 Å². The van der Waals surface area contributed by atoms with Crippen LogP contribution in [0.1, 0.15) is 19.8 Å².